The molecule has 4 heteroatoms. The number of thiazole rings is 1. The first-order valence-electron chi connectivity index (χ1n) is 7.06. The van der Waals surface area contributed by atoms with Crippen LogP contribution in [0.3, 0.4) is 0 Å². The summed E-state index contributed by atoms with van der Waals surface area (Å²) in [5.41, 5.74) is 2.29. The molecule has 0 aromatic carbocycles. The van der Waals surface area contributed by atoms with Crippen LogP contribution in [0.4, 0.5) is 0 Å². The van der Waals surface area contributed by atoms with Crippen LogP contribution in [0, 0.1) is 6.92 Å². The Kier molecular flexibility index (Phi) is 4.05. The highest BCUT2D eigenvalue weighted by atomic mass is 32.1. The van der Waals surface area contributed by atoms with E-state index < -0.39 is 0 Å². The summed E-state index contributed by atoms with van der Waals surface area (Å²) >= 11 is 1.71. The van der Waals surface area contributed by atoms with Gasteiger partial charge in [-0.1, -0.05) is 34.6 Å². The van der Waals surface area contributed by atoms with E-state index in [9.17, 15) is 0 Å². The molecule has 0 aliphatic carbocycles. The zero-order valence-corrected chi connectivity index (χ0v) is 14.1. The van der Waals surface area contributed by atoms with Gasteiger partial charge in [-0.15, -0.1) is 11.3 Å². The molecule has 20 heavy (non-hydrogen) atoms. The van der Waals surface area contributed by atoms with E-state index in [0.29, 0.717) is 0 Å². The van der Waals surface area contributed by atoms with Crippen molar-refractivity contribution in [3.63, 3.8) is 0 Å². The second-order valence-corrected chi connectivity index (χ2v) is 8.07. The summed E-state index contributed by atoms with van der Waals surface area (Å²) in [7, 11) is 0. The number of oxazole rings is 1. The number of aryl methyl sites for hydroxylation is 2. The minimum absolute atomic E-state index is 0.0449. The first-order valence-corrected chi connectivity index (χ1v) is 7.94. The minimum atomic E-state index is 0.0449. The summed E-state index contributed by atoms with van der Waals surface area (Å²) in [6.07, 6.45) is 3.62. The lowest BCUT2D eigenvalue weighted by Crippen LogP contribution is -2.19. The molecule has 0 unspecified atom stereocenters. The van der Waals surface area contributed by atoms with Crippen molar-refractivity contribution >= 4 is 11.3 Å². The number of nitrogens with zero attached hydrogens (tertiary/aromatic N) is 2. The molecule has 0 atom stereocenters. The molecule has 2 rings (SSSR count). The summed E-state index contributed by atoms with van der Waals surface area (Å²) in [4.78, 5) is 9.21. The average molecular weight is 292 g/mol. The quantitative estimate of drug-likeness (QED) is 0.823. The van der Waals surface area contributed by atoms with Gasteiger partial charge in [0, 0.05) is 22.6 Å². The molecule has 110 valence electrons. The molecule has 3 nitrogen and oxygen atoms in total. The van der Waals surface area contributed by atoms with Crippen LogP contribution in [0.15, 0.2) is 16.1 Å². The van der Waals surface area contributed by atoms with Crippen molar-refractivity contribution in [3.8, 4) is 0 Å². The molecule has 0 saturated heterocycles. The third kappa shape index (κ3) is 3.48. The van der Waals surface area contributed by atoms with Gasteiger partial charge in [-0.2, -0.15) is 0 Å². The molecule has 2 aromatic rings. The Hall–Kier alpha value is -1.16. The second-order valence-electron chi connectivity index (χ2n) is 7.01. The Morgan fingerprint density at radius 1 is 1.10 bits per heavy atom. The van der Waals surface area contributed by atoms with Gasteiger partial charge >= 0.3 is 0 Å². The number of hydrogen-bond acceptors (Lipinski definition) is 4. The molecule has 0 radical (unpaired) electrons. The smallest absolute Gasteiger partial charge is 0.194 e. The molecule has 0 spiro atoms. The Labute approximate surface area is 125 Å². The van der Waals surface area contributed by atoms with Crippen LogP contribution in [0.2, 0.25) is 0 Å². The van der Waals surface area contributed by atoms with Crippen LogP contribution in [0.5, 0.6) is 0 Å². The Balaban J connectivity index is 2.03. The van der Waals surface area contributed by atoms with Crippen LogP contribution in [-0.2, 0) is 17.3 Å². The molecule has 2 aromatic heterocycles. The van der Waals surface area contributed by atoms with Crippen LogP contribution >= 0.6 is 11.3 Å². The first kappa shape index (κ1) is 15.2. The number of aromatic nitrogens is 2. The topological polar surface area (TPSA) is 38.9 Å². The molecule has 0 N–H and O–H groups in total. The van der Waals surface area contributed by atoms with Gasteiger partial charge in [-0.05, 0) is 13.3 Å². The van der Waals surface area contributed by atoms with Gasteiger partial charge < -0.3 is 4.42 Å². The fourth-order valence-corrected chi connectivity index (χ4v) is 2.80. The van der Waals surface area contributed by atoms with Crippen molar-refractivity contribution in [2.45, 2.75) is 65.2 Å². The summed E-state index contributed by atoms with van der Waals surface area (Å²) in [5, 5.41) is 3.28. The van der Waals surface area contributed by atoms with E-state index in [1.165, 1.54) is 5.69 Å². The van der Waals surface area contributed by atoms with E-state index in [0.717, 1.165) is 29.4 Å². The van der Waals surface area contributed by atoms with Gasteiger partial charge in [0.05, 0.1) is 16.4 Å². The van der Waals surface area contributed by atoms with Gasteiger partial charge in [0.2, 0.25) is 0 Å². The lowest BCUT2D eigenvalue weighted by atomic mass is 9.85. The third-order valence-corrected chi connectivity index (χ3v) is 4.37. The highest BCUT2D eigenvalue weighted by molar-refractivity contribution is 7.09. The molecule has 0 amide bonds. The van der Waals surface area contributed by atoms with Crippen LogP contribution in [0.25, 0.3) is 0 Å². The first-order chi connectivity index (χ1) is 9.18. The molecule has 2 heterocycles. The average Bonchev–Trinajstić information content (AvgIpc) is 2.94. The lowest BCUT2D eigenvalue weighted by molar-refractivity contribution is 0.418. The second kappa shape index (κ2) is 5.32. The SMILES string of the molecule is Cc1nc(C(C)(C)CCc2nc(C(C)(C)C)co2)cs1. The standard InChI is InChI=1S/C16H24N2OS/c1-11-17-13(10-20-11)16(5,6)8-7-14-18-12(9-19-14)15(2,3)4/h9-10H,7-8H2,1-6H3. The predicted molar refractivity (Wildman–Crippen MR) is 83.4 cm³/mol. The van der Waals surface area contributed by atoms with E-state index in [1.807, 2.05) is 6.92 Å². The summed E-state index contributed by atoms with van der Waals surface area (Å²) in [6, 6.07) is 0. The van der Waals surface area contributed by atoms with Crippen molar-refractivity contribution in [1.29, 1.82) is 0 Å². The van der Waals surface area contributed by atoms with E-state index in [2.05, 4.69) is 50.0 Å². The van der Waals surface area contributed by atoms with Crippen molar-refractivity contribution < 1.29 is 4.42 Å². The molecule has 0 aliphatic heterocycles. The summed E-state index contributed by atoms with van der Waals surface area (Å²) in [5.74, 6) is 0.829. The van der Waals surface area contributed by atoms with E-state index in [4.69, 9.17) is 4.42 Å². The van der Waals surface area contributed by atoms with Crippen molar-refractivity contribution in [1.82, 2.24) is 9.97 Å². The van der Waals surface area contributed by atoms with Crippen LogP contribution < -0.4 is 0 Å². The maximum Gasteiger partial charge on any atom is 0.194 e. The number of rotatable bonds is 4. The zero-order valence-electron chi connectivity index (χ0n) is 13.3. The number of hydrogen-bond donors (Lipinski definition) is 0. The zero-order chi connectivity index (χ0) is 15.0. The van der Waals surface area contributed by atoms with Crippen molar-refractivity contribution in [2.75, 3.05) is 0 Å². The maximum absolute atomic E-state index is 5.60. The lowest BCUT2D eigenvalue weighted by Gasteiger charge is -2.21. The van der Waals surface area contributed by atoms with Crippen molar-refractivity contribution in [2.24, 2.45) is 0 Å². The van der Waals surface area contributed by atoms with E-state index in [1.54, 1.807) is 17.6 Å². The van der Waals surface area contributed by atoms with Crippen LogP contribution in [-0.4, -0.2) is 9.97 Å². The molecule has 0 fully saturated rings. The third-order valence-electron chi connectivity index (χ3n) is 3.60. The highest BCUT2D eigenvalue weighted by Gasteiger charge is 2.25. The molecule has 0 aliphatic rings. The fraction of sp³-hybridized carbons (Fsp3) is 0.625. The Morgan fingerprint density at radius 3 is 2.30 bits per heavy atom. The van der Waals surface area contributed by atoms with E-state index >= 15 is 0 Å². The Bertz CT molecular complexity index is 575. The van der Waals surface area contributed by atoms with Gasteiger partial charge in [0.1, 0.15) is 6.26 Å². The maximum atomic E-state index is 5.60. The van der Waals surface area contributed by atoms with Gasteiger partial charge in [0.25, 0.3) is 0 Å². The van der Waals surface area contributed by atoms with Crippen LogP contribution in [0.1, 0.15) is 63.3 Å². The van der Waals surface area contributed by atoms with Gasteiger partial charge in [-0.3, -0.25) is 0 Å². The summed E-state index contributed by atoms with van der Waals surface area (Å²) in [6.45, 7) is 13.0. The largest absolute Gasteiger partial charge is 0.449 e. The van der Waals surface area contributed by atoms with E-state index in [-0.39, 0.29) is 10.8 Å². The molecular weight excluding hydrogens is 268 g/mol. The highest BCUT2D eigenvalue weighted by Crippen LogP contribution is 2.30. The molecule has 0 saturated carbocycles. The Morgan fingerprint density at radius 2 is 1.80 bits per heavy atom. The summed E-state index contributed by atoms with van der Waals surface area (Å²) < 4.78 is 5.60. The molecular formula is C16H24N2OS. The fourth-order valence-electron chi connectivity index (χ4n) is 1.99. The predicted octanol–water partition coefficient (Wildman–Crippen LogP) is 4.65. The molecule has 0 bridgehead atoms. The van der Waals surface area contributed by atoms with Gasteiger partial charge in [-0.25, -0.2) is 9.97 Å². The monoisotopic (exact) mass is 292 g/mol. The minimum Gasteiger partial charge on any atom is -0.449 e. The normalized spacial score (nSPS) is 12.9. The van der Waals surface area contributed by atoms with Crippen molar-refractivity contribution in [3.05, 3.63) is 33.9 Å². The van der Waals surface area contributed by atoms with Gasteiger partial charge in [0.15, 0.2) is 5.89 Å².